The molecule has 3 rings (SSSR count). The zero-order chi connectivity index (χ0) is 22.9. The number of hydrogen-bond donors (Lipinski definition) is 1. The Hall–Kier alpha value is -3.82. The number of hydrogen-bond acceptors (Lipinski definition) is 7. The summed E-state index contributed by atoms with van der Waals surface area (Å²) in [6.45, 7) is 2.20. The number of aromatic hydroxyl groups is 1. The van der Waals surface area contributed by atoms with Gasteiger partial charge in [0.25, 0.3) is 5.69 Å². The van der Waals surface area contributed by atoms with Gasteiger partial charge in [-0.2, -0.15) is 0 Å². The molecule has 1 saturated heterocycles. The van der Waals surface area contributed by atoms with Gasteiger partial charge in [0.1, 0.15) is 17.2 Å². The molecule has 1 aliphatic heterocycles. The van der Waals surface area contributed by atoms with Crippen LogP contribution in [0.2, 0.25) is 0 Å². The largest absolute Gasteiger partial charge is 0.508 e. The maximum Gasteiger partial charge on any atom is 0.269 e. The lowest BCUT2D eigenvalue weighted by atomic mass is 10.2. The molecule has 0 unspecified atom stereocenters. The van der Waals surface area contributed by atoms with E-state index >= 15 is 0 Å². The van der Waals surface area contributed by atoms with Crippen molar-refractivity contribution in [1.29, 1.82) is 0 Å². The Morgan fingerprint density at radius 1 is 0.875 bits per heavy atom. The third-order valence-electron chi connectivity index (χ3n) is 5.02. The number of carbonyl (C=O) groups excluding carboxylic acids is 2. The monoisotopic (exact) mass is 443 g/mol. The van der Waals surface area contributed by atoms with Gasteiger partial charge in [-0.3, -0.25) is 19.7 Å². The predicted octanol–water partition coefficient (Wildman–Crippen LogP) is 2.21. The molecule has 170 valence electrons. The molecule has 0 saturated carbocycles. The molecule has 2 aromatic carbocycles. The first kappa shape index (κ1) is 22.9. The van der Waals surface area contributed by atoms with Crippen molar-refractivity contribution in [3.63, 3.8) is 0 Å². The minimum absolute atomic E-state index is 0.0215. The SMILES string of the molecule is O=C(CCOc1ccc([N+](=O)[O-])cc1)N1CCN(C(=O)CCOc2cccc(O)c2)CC1. The fraction of sp³-hybridized carbons (Fsp3) is 0.364. The fourth-order valence-corrected chi connectivity index (χ4v) is 3.27. The van der Waals surface area contributed by atoms with E-state index in [2.05, 4.69) is 0 Å². The molecule has 0 aliphatic carbocycles. The van der Waals surface area contributed by atoms with E-state index in [4.69, 9.17) is 9.47 Å². The van der Waals surface area contributed by atoms with Crippen molar-refractivity contribution in [3.8, 4) is 17.2 Å². The normalized spacial score (nSPS) is 13.5. The van der Waals surface area contributed by atoms with Crippen molar-refractivity contribution in [1.82, 2.24) is 9.80 Å². The van der Waals surface area contributed by atoms with Gasteiger partial charge in [-0.25, -0.2) is 0 Å². The van der Waals surface area contributed by atoms with E-state index in [-0.39, 0.29) is 49.3 Å². The summed E-state index contributed by atoms with van der Waals surface area (Å²) in [7, 11) is 0. The highest BCUT2D eigenvalue weighted by molar-refractivity contribution is 5.78. The van der Waals surface area contributed by atoms with Crippen LogP contribution in [-0.4, -0.2) is 71.0 Å². The van der Waals surface area contributed by atoms with E-state index in [1.54, 1.807) is 28.0 Å². The number of non-ortho nitro benzene ring substituents is 1. The van der Waals surface area contributed by atoms with Crippen LogP contribution in [0, 0.1) is 10.1 Å². The average Bonchev–Trinajstić information content (AvgIpc) is 2.79. The number of rotatable bonds is 9. The Balaban J connectivity index is 1.33. The number of benzene rings is 2. The molecule has 10 heteroatoms. The number of carbonyl (C=O) groups is 2. The van der Waals surface area contributed by atoms with Gasteiger partial charge in [-0.15, -0.1) is 0 Å². The molecule has 1 heterocycles. The van der Waals surface area contributed by atoms with Crippen LogP contribution in [0.4, 0.5) is 5.69 Å². The van der Waals surface area contributed by atoms with Gasteiger partial charge in [0.05, 0.1) is 31.0 Å². The Kier molecular flexibility index (Phi) is 7.85. The minimum atomic E-state index is -0.486. The van der Waals surface area contributed by atoms with Gasteiger partial charge in [-0.05, 0) is 24.3 Å². The molecule has 1 N–H and O–H groups in total. The lowest BCUT2D eigenvalue weighted by Gasteiger charge is -2.34. The van der Waals surface area contributed by atoms with Crippen LogP contribution < -0.4 is 9.47 Å². The average molecular weight is 443 g/mol. The predicted molar refractivity (Wildman–Crippen MR) is 115 cm³/mol. The van der Waals surface area contributed by atoms with Gasteiger partial charge >= 0.3 is 0 Å². The molecule has 0 radical (unpaired) electrons. The van der Waals surface area contributed by atoms with Gasteiger partial charge in [0.15, 0.2) is 0 Å². The number of phenolic OH excluding ortho intramolecular Hbond substituents is 1. The lowest BCUT2D eigenvalue weighted by molar-refractivity contribution is -0.384. The first-order chi connectivity index (χ1) is 15.4. The second-order valence-corrected chi connectivity index (χ2v) is 7.21. The molecule has 1 fully saturated rings. The third kappa shape index (κ3) is 6.59. The van der Waals surface area contributed by atoms with Crippen molar-refractivity contribution in [3.05, 3.63) is 58.6 Å². The van der Waals surface area contributed by atoms with E-state index < -0.39 is 4.92 Å². The number of nitro benzene ring substituents is 1. The first-order valence-electron chi connectivity index (χ1n) is 10.3. The molecule has 0 atom stereocenters. The molecule has 10 nitrogen and oxygen atoms in total. The Morgan fingerprint density at radius 2 is 1.41 bits per heavy atom. The summed E-state index contributed by atoms with van der Waals surface area (Å²) < 4.78 is 11.0. The zero-order valence-electron chi connectivity index (χ0n) is 17.5. The van der Waals surface area contributed by atoms with E-state index in [1.807, 2.05) is 0 Å². The quantitative estimate of drug-likeness (QED) is 0.466. The summed E-state index contributed by atoms with van der Waals surface area (Å²) in [5, 5.41) is 20.1. The minimum Gasteiger partial charge on any atom is -0.508 e. The molecule has 32 heavy (non-hydrogen) atoms. The number of piperazine rings is 1. The molecule has 0 spiro atoms. The molecular weight excluding hydrogens is 418 g/mol. The molecular formula is C22H25N3O7. The molecule has 2 amide bonds. The highest BCUT2D eigenvalue weighted by Gasteiger charge is 2.23. The maximum atomic E-state index is 12.4. The highest BCUT2D eigenvalue weighted by atomic mass is 16.6. The Bertz CT molecular complexity index is 941. The summed E-state index contributed by atoms with van der Waals surface area (Å²) in [6.07, 6.45) is 0.398. The topological polar surface area (TPSA) is 122 Å². The van der Waals surface area contributed by atoms with Crippen LogP contribution in [0.1, 0.15) is 12.8 Å². The Morgan fingerprint density at radius 3 is 1.91 bits per heavy atom. The number of phenols is 1. The van der Waals surface area contributed by atoms with Crippen LogP contribution in [0.25, 0.3) is 0 Å². The summed E-state index contributed by atoms with van der Waals surface area (Å²) in [5.74, 6) is 0.966. The van der Waals surface area contributed by atoms with E-state index in [9.17, 15) is 24.8 Å². The number of nitrogens with zero attached hydrogens (tertiary/aromatic N) is 3. The van der Waals surface area contributed by atoms with Gasteiger partial charge < -0.3 is 24.4 Å². The third-order valence-corrected chi connectivity index (χ3v) is 5.02. The Labute approximate surface area is 185 Å². The second-order valence-electron chi connectivity index (χ2n) is 7.21. The maximum absolute atomic E-state index is 12.4. The summed E-state index contributed by atoms with van der Waals surface area (Å²) in [5.41, 5.74) is -0.0215. The van der Waals surface area contributed by atoms with Gasteiger partial charge in [0, 0.05) is 44.4 Å². The summed E-state index contributed by atoms with van der Waals surface area (Å²) >= 11 is 0. The molecule has 2 aromatic rings. The van der Waals surface area contributed by atoms with E-state index in [0.717, 1.165) is 0 Å². The van der Waals surface area contributed by atoms with Crippen molar-refractivity contribution < 1.29 is 29.1 Å². The van der Waals surface area contributed by atoms with Crippen molar-refractivity contribution in [2.24, 2.45) is 0 Å². The van der Waals surface area contributed by atoms with Crippen molar-refractivity contribution in [2.45, 2.75) is 12.8 Å². The van der Waals surface area contributed by atoms with E-state index in [0.29, 0.717) is 37.7 Å². The van der Waals surface area contributed by atoms with Crippen molar-refractivity contribution >= 4 is 17.5 Å². The van der Waals surface area contributed by atoms with E-state index in [1.165, 1.54) is 30.3 Å². The van der Waals surface area contributed by atoms with Crippen molar-refractivity contribution in [2.75, 3.05) is 39.4 Å². The molecule has 0 aromatic heterocycles. The fourth-order valence-electron chi connectivity index (χ4n) is 3.27. The van der Waals surface area contributed by atoms with Crippen LogP contribution >= 0.6 is 0 Å². The van der Waals surface area contributed by atoms with Crippen LogP contribution in [0.5, 0.6) is 17.2 Å². The highest BCUT2D eigenvalue weighted by Crippen LogP contribution is 2.19. The number of nitro groups is 1. The van der Waals surface area contributed by atoms with Crippen LogP contribution in [0.3, 0.4) is 0 Å². The van der Waals surface area contributed by atoms with Gasteiger partial charge in [-0.1, -0.05) is 6.07 Å². The van der Waals surface area contributed by atoms with Gasteiger partial charge in [0.2, 0.25) is 11.8 Å². The number of ether oxygens (including phenoxy) is 2. The summed E-state index contributed by atoms with van der Waals surface area (Å²) in [4.78, 5) is 38.3. The first-order valence-corrected chi connectivity index (χ1v) is 10.3. The zero-order valence-corrected chi connectivity index (χ0v) is 17.5. The van der Waals surface area contributed by atoms with Crippen LogP contribution in [0.15, 0.2) is 48.5 Å². The summed E-state index contributed by atoms with van der Waals surface area (Å²) in [6, 6.07) is 12.1. The molecule has 1 aliphatic rings. The second kappa shape index (κ2) is 11.0. The lowest BCUT2D eigenvalue weighted by Crippen LogP contribution is -2.51. The number of amides is 2. The smallest absolute Gasteiger partial charge is 0.269 e. The standard InChI is InChI=1S/C22H25N3O7/c26-18-2-1-3-20(16-18)32-15-9-22(28)24-12-10-23(11-13-24)21(27)8-14-31-19-6-4-17(5-7-19)25(29)30/h1-7,16,26H,8-15H2. The van der Waals surface area contributed by atoms with Crippen LogP contribution in [-0.2, 0) is 9.59 Å². The molecule has 0 bridgehead atoms.